The monoisotopic (exact) mass is 361 g/mol. The molecule has 0 bridgehead atoms. The fourth-order valence-electron chi connectivity index (χ4n) is 2.41. The number of aromatic nitrogens is 4. The predicted molar refractivity (Wildman–Crippen MR) is 85.0 cm³/mol. The van der Waals surface area contributed by atoms with Crippen molar-refractivity contribution in [1.82, 2.24) is 19.6 Å². The first-order chi connectivity index (χ1) is 12.4. The third-order valence-corrected chi connectivity index (χ3v) is 3.45. The zero-order valence-electron chi connectivity index (χ0n) is 12.9. The first kappa shape index (κ1) is 15.9. The van der Waals surface area contributed by atoms with Gasteiger partial charge in [-0.25, -0.2) is 14.5 Å². The van der Waals surface area contributed by atoms with Crippen LogP contribution in [0.25, 0.3) is 28.5 Å². The highest BCUT2D eigenvalue weighted by molar-refractivity contribution is 5.69. The van der Waals surface area contributed by atoms with E-state index in [0.717, 1.165) is 0 Å². The molecule has 3 heterocycles. The smallest absolute Gasteiger partial charge is 0.461 e. The number of rotatable bonds is 3. The molecular weight excluding hydrogens is 351 g/mol. The summed E-state index contributed by atoms with van der Waals surface area (Å²) in [5, 5.41) is 4.26. The van der Waals surface area contributed by atoms with Gasteiger partial charge in [0.25, 0.3) is 0 Å². The Labute approximate surface area is 143 Å². The highest BCUT2D eigenvalue weighted by atomic mass is 19.4. The Morgan fingerprint density at radius 2 is 1.96 bits per heavy atom. The lowest BCUT2D eigenvalue weighted by Gasteiger charge is -2.10. The number of fused-ring (bicyclic) bond motifs is 1. The fourth-order valence-corrected chi connectivity index (χ4v) is 2.41. The number of furan rings is 1. The van der Waals surface area contributed by atoms with Crippen LogP contribution in [0, 0.1) is 0 Å². The van der Waals surface area contributed by atoms with E-state index in [1.807, 2.05) is 0 Å². The maximum Gasteiger partial charge on any atom is 0.573 e. The van der Waals surface area contributed by atoms with Crippen molar-refractivity contribution in [2.75, 3.05) is 5.73 Å². The molecule has 0 spiro atoms. The summed E-state index contributed by atoms with van der Waals surface area (Å²) in [6, 6.07) is 8.81. The van der Waals surface area contributed by atoms with Crippen LogP contribution in [0.2, 0.25) is 0 Å². The van der Waals surface area contributed by atoms with Crippen molar-refractivity contribution in [3.8, 4) is 28.6 Å². The highest BCUT2D eigenvalue weighted by Gasteiger charge is 2.31. The van der Waals surface area contributed by atoms with E-state index in [1.165, 1.54) is 35.2 Å². The molecular formula is C16H10F3N5O2. The summed E-state index contributed by atoms with van der Waals surface area (Å²) in [5.74, 6) is 0.491. The van der Waals surface area contributed by atoms with Gasteiger partial charge in [0.15, 0.2) is 17.2 Å². The van der Waals surface area contributed by atoms with Gasteiger partial charge >= 0.3 is 6.36 Å². The number of nitrogen functional groups attached to an aromatic ring is 1. The Kier molecular flexibility index (Phi) is 3.53. The summed E-state index contributed by atoms with van der Waals surface area (Å²) >= 11 is 0. The van der Waals surface area contributed by atoms with Gasteiger partial charge in [0.1, 0.15) is 5.75 Å². The lowest BCUT2D eigenvalue weighted by molar-refractivity contribution is -0.274. The minimum atomic E-state index is -4.78. The van der Waals surface area contributed by atoms with E-state index in [9.17, 15) is 13.2 Å². The molecule has 0 amide bonds. The number of hydrogen-bond donors (Lipinski definition) is 1. The number of anilines is 1. The van der Waals surface area contributed by atoms with Crippen molar-refractivity contribution in [2.24, 2.45) is 0 Å². The normalized spacial score (nSPS) is 11.8. The number of nitrogens with zero attached hydrogens (tertiary/aromatic N) is 4. The number of ether oxygens (including phenoxy) is 1. The van der Waals surface area contributed by atoms with Crippen LogP contribution in [0.15, 0.2) is 53.3 Å². The van der Waals surface area contributed by atoms with Crippen LogP contribution in [0.4, 0.5) is 19.0 Å². The van der Waals surface area contributed by atoms with Crippen molar-refractivity contribution in [1.29, 1.82) is 0 Å². The van der Waals surface area contributed by atoms with Crippen molar-refractivity contribution >= 4 is 11.5 Å². The average Bonchev–Trinajstić information content (AvgIpc) is 3.22. The maximum absolute atomic E-state index is 12.4. The van der Waals surface area contributed by atoms with E-state index in [-0.39, 0.29) is 11.6 Å². The Hall–Kier alpha value is -3.56. The Bertz CT molecular complexity index is 1070. The van der Waals surface area contributed by atoms with Crippen molar-refractivity contribution < 1.29 is 22.3 Å². The Balaban J connectivity index is 1.77. The molecule has 132 valence electrons. The molecule has 7 nitrogen and oxygen atoms in total. The summed E-state index contributed by atoms with van der Waals surface area (Å²) in [6.07, 6.45) is -1.78. The predicted octanol–water partition coefficient (Wildman–Crippen LogP) is 3.53. The molecule has 26 heavy (non-hydrogen) atoms. The van der Waals surface area contributed by atoms with Crippen molar-refractivity contribution in [3.05, 3.63) is 48.9 Å². The first-order valence-corrected chi connectivity index (χ1v) is 7.32. The molecule has 0 aliphatic rings. The molecule has 0 fully saturated rings. The van der Waals surface area contributed by atoms with Gasteiger partial charge in [0.05, 0.1) is 18.2 Å². The Morgan fingerprint density at radius 1 is 1.12 bits per heavy atom. The second-order valence-electron chi connectivity index (χ2n) is 5.27. The summed E-state index contributed by atoms with van der Waals surface area (Å²) < 4.78 is 47.8. The molecule has 10 heteroatoms. The zero-order valence-corrected chi connectivity index (χ0v) is 12.9. The summed E-state index contributed by atoms with van der Waals surface area (Å²) in [6.45, 7) is 0. The highest BCUT2D eigenvalue weighted by Crippen LogP contribution is 2.28. The van der Waals surface area contributed by atoms with Crippen LogP contribution < -0.4 is 10.5 Å². The van der Waals surface area contributed by atoms with Crippen LogP contribution in [0.3, 0.4) is 0 Å². The lowest BCUT2D eigenvalue weighted by Crippen LogP contribution is -2.17. The molecule has 4 aromatic rings. The van der Waals surface area contributed by atoms with Crippen LogP contribution >= 0.6 is 0 Å². The van der Waals surface area contributed by atoms with Gasteiger partial charge in [-0.1, -0.05) is 12.1 Å². The summed E-state index contributed by atoms with van der Waals surface area (Å²) in [5.41, 5.74) is 6.94. The van der Waals surface area contributed by atoms with Crippen molar-refractivity contribution in [2.45, 2.75) is 6.36 Å². The molecule has 2 N–H and O–H groups in total. The van der Waals surface area contributed by atoms with E-state index in [0.29, 0.717) is 28.5 Å². The maximum atomic E-state index is 12.4. The molecule has 0 aliphatic heterocycles. The molecule has 0 aliphatic carbocycles. The van der Waals surface area contributed by atoms with Crippen LogP contribution in [-0.4, -0.2) is 25.9 Å². The molecule has 0 unspecified atom stereocenters. The van der Waals surface area contributed by atoms with Crippen LogP contribution in [0.1, 0.15) is 0 Å². The molecule has 0 radical (unpaired) electrons. The van der Waals surface area contributed by atoms with Gasteiger partial charge < -0.3 is 14.9 Å². The lowest BCUT2D eigenvalue weighted by atomic mass is 10.1. The fraction of sp³-hybridized carbons (Fsp3) is 0.0625. The van der Waals surface area contributed by atoms with Gasteiger partial charge in [-0.05, 0) is 24.3 Å². The summed E-state index contributed by atoms with van der Waals surface area (Å²) in [4.78, 5) is 8.44. The van der Waals surface area contributed by atoms with E-state index in [1.54, 1.807) is 18.2 Å². The van der Waals surface area contributed by atoms with Crippen molar-refractivity contribution in [3.63, 3.8) is 0 Å². The minimum Gasteiger partial charge on any atom is -0.461 e. The third-order valence-electron chi connectivity index (χ3n) is 3.45. The standard InChI is InChI=1S/C16H10F3N5O2/c17-16(18,19)26-10-4-1-3-9(7-10)11-8-24-15(13(20)21-11)22-14(23-24)12-5-2-6-25-12/h1-8H,(H2,20,21). The van der Waals surface area contributed by atoms with E-state index < -0.39 is 6.36 Å². The van der Waals surface area contributed by atoms with Gasteiger partial charge in [-0.3, -0.25) is 0 Å². The number of hydrogen-bond acceptors (Lipinski definition) is 6. The molecule has 0 saturated heterocycles. The number of nitrogens with two attached hydrogens (primary N) is 1. The second kappa shape index (κ2) is 5.76. The number of halogens is 3. The number of alkyl halides is 3. The summed E-state index contributed by atoms with van der Waals surface area (Å²) in [7, 11) is 0. The van der Waals surface area contributed by atoms with Gasteiger partial charge in [-0.15, -0.1) is 18.3 Å². The molecule has 3 aromatic heterocycles. The van der Waals surface area contributed by atoms with E-state index in [2.05, 4.69) is 19.8 Å². The SMILES string of the molecule is Nc1nc(-c2cccc(OC(F)(F)F)c2)cn2nc(-c3ccco3)nc12. The molecule has 1 aromatic carbocycles. The largest absolute Gasteiger partial charge is 0.573 e. The first-order valence-electron chi connectivity index (χ1n) is 7.32. The minimum absolute atomic E-state index is 0.0787. The topological polar surface area (TPSA) is 91.5 Å². The van der Waals surface area contributed by atoms with Gasteiger partial charge in [0, 0.05) is 5.56 Å². The third kappa shape index (κ3) is 3.04. The molecule has 4 rings (SSSR count). The molecule has 0 atom stereocenters. The zero-order chi connectivity index (χ0) is 18.3. The molecule has 0 saturated carbocycles. The quantitative estimate of drug-likeness (QED) is 0.600. The Morgan fingerprint density at radius 3 is 2.69 bits per heavy atom. The van der Waals surface area contributed by atoms with Crippen LogP contribution in [-0.2, 0) is 0 Å². The van der Waals surface area contributed by atoms with Crippen LogP contribution in [0.5, 0.6) is 5.75 Å². The van der Waals surface area contributed by atoms with E-state index >= 15 is 0 Å². The number of benzene rings is 1. The average molecular weight is 361 g/mol. The van der Waals surface area contributed by atoms with Gasteiger partial charge in [-0.2, -0.15) is 0 Å². The second-order valence-corrected chi connectivity index (χ2v) is 5.27. The van der Waals surface area contributed by atoms with Gasteiger partial charge in [0.2, 0.25) is 5.82 Å². The van der Waals surface area contributed by atoms with E-state index in [4.69, 9.17) is 10.2 Å².